The molecule has 0 aromatic heterocycles. The third kappa shape index (κ3) is 5.08. The summed E-state index contributed by atoms with van der Waals surface area (Å²) in [6.45, 7) is 3.96. The van der Waals surface area contributed by atoms with Crippen molar-refractivity contribution in [2.45, 2.75) is 51.0 Å². The number of benzene rings is 1. The number of likely N-dealkylation sites (tertiary alicyclic amines) is 1. The van der Waals surface area contributed by atoms with Gasteiger partial charge in [0.15, 0.2) is 0 Å². The maximum Gasteiger partial charge on any atom is 0.227 e. The van der Waals surface area contributed by atoms with Crippen molar-refractivity contribution in [2.75, 3.05) is 47.3 Å². The van der Waals surface area contributed by atoms with E-state index in [4.69, 9.17) is 0 Å². The molecule has 1 saturated heterocycles. The molecule has 0 atom stereocenters. The highest BCUT2D eigenvalue weighted by molar-refractivity contribution is 5.79. The van der Waals surface area contributed by atoms with Gasteiger partial charge in [0, 0.05) is 19.1 Å². The van der Waals surface area contributed by atoms with Crippen molar-refractivity contribution in [2.24, 2.45) is 0 Å². The van der Waals surface area contributed by atoms with Gasteiger partial charge in [-0.2, -0.15) is 0 Å². The molecule has 144 valence electrons. The number of carbonyl (C=O) groups is 1. The summed E-state index contributed by atoms with van der Waals surface area (Å²) in [7, 11) is 6.34. The Labute approximate surface area is 159 Å². The number of amides is 1. The van der Waals surface area contributed by atoms with Crippen LogP contribution in [0.5, 0.6) is 0 Å². The molecule has 0 saturated carbocycles. The number of likely N-dealkylation sites (N-methyl/N-ethyl adjacent to an activating group) is 1. The second kappa shape index (κ2) is 9.01. The molecule has 1 aliphatic heterocycles. The first kappa shape index (κ1) is 19.4. The van der Waals surface area contributed by atoms with E-state index in [1.807, 2.05) is 0 Å². The van der Waals surface area contributed by atoms with Gasteiger partial charge < -0.3 is 14.7 Å². The highest BCUT2D eigenvalue weighted by Crippen LogP contribution is 2.23. The Bertz CT molecular complexity index is 605. The Morgan fingerprint density at radius 2 is 1.77 bits per heavy atom. The van der Waals surface area contributed by atoms with Gasteiger partial charge in [-0.15, -0.1) is 0 Å². The standard InChI is InChI=1S/C22H35N3O/c1-23(2)14-15-25(21-10-12-24(3)13-11-21)22(26)17-18-8-9-19-6-4-5-7-20(19)16-18/h8-9,16,21H,4-7,10-15,17H2,1-3H3. The monoisotopic (exact) mass is 357 g/mol. The topological polar surface area (TPSA) is 26.8 Å². The molecule has 1 fully saturated rings. The lowest BCUT2D eigenvalue weighted by molar-refractivity contribution is -0.133. The fourth-order valence-electron chi connectivity index (χ4n) is 4.30. The van der Waals surface area contributed by atoms with Gasteiger partial charge in [-0.25, -0.2) is 0 Å². The molecule has 26 heavy (non-hydrogen) atoms. The average molecular weight is 358 g/mol. The first-order valence-electron chi connectivity index (χ1n) is 10.3. The molecule has 1 heterocycles. The number of fused-ring (bicyclic) bond motifs is 1. The van der Waals surface area contributed by atoms with Crippen LogP contribution in [0.4, 0.5) is 0 Å². The van der Waals surface area contributed by atoms with Gasteiger partial charge in [0.2, 0.25) is 5.91 Å². The molecular weight excluding hydrogens is 322 g/mol. The van der Waals surface area contributed by atoms with Crippen molar-refractivity contribution < 1.29 is 4.79 Å². The molecule has 3 rings (SSSR count). The summed E-state index contributed by atoms with van der Waals surface area (Å²) >= 11 is 0. The lowest BCUT2D eigenvalue weighted by Gasteiger charge is -2.38. The van der Waals surface area contributed by atoms with Crippen LogP contribution in [0.2, 0.25) is 0 Å². The molecule has 2 aliphatic rings. The fourth-order valence-corrected chi connectivity index (χ4v) is 4.30. The third-order valence-corrected chi connectivity index (χ3v) is 6.01. The van der Waals surface area contributed by atoms with Crippen LogP contribution in [0.3, 0.4) is 0 Å². The number of piperidine rings is 1. The van der Waals surface area contributed by atoms with E-state index < -0.39 is 0 Å². The van der Waals surface area contributed by atoms with Crippen molar-refractivity contribution in [1.29, 1.82) is 0 Å². The van der Waals surface area contributed by atoms with Crippen molar-refractivity contribution in [3.8, 4) is 0 Å². The Morgan fingerprint density at radius 1 is 1.08 bits per heavy atom. The Balaban J connectivity index is 1.68. The van der Waals surface area contributed by atoms with Gasteiger partial charge in [-0.05, 0) is 89.4 Å². The van der Waals surface area contributed by atoms with Crippen LogP contribution in [0.15, 0.2) is 18.2 Å². The van der Waals surface area contributed by atoms with Crippen LogP contribution in [0.1, 0.15) is 42.4 Å². The van der Waals surface area contributed by atoms with Gasteiger partial charge >= 0.3 is 0 Å². The van der Waals surface area contributed by atoms with Crippen molar-refractivity contribution >= 4 is 5.91 Å². The van der Waals surface area contributed by atoms with Crippen molar-refractivity contribution in [1.82, 2.24) is 14.7 Å². The van der Waals surface area contributed by atoms with Gasteiger partial charge in [0.25, 0.3) is 0 Å². The van der Waals surface area contributed by atoms with Crippen molar-refractivity contribution in [3.63, 3.8) is 0 Å². The van der Waals surface area contributed by atoms with Crippen molar-refractivity contribution in [3.05, 3.63) is 34.9 Å². The summed E-state index contributed by atoms with van der Waals surface area (Å²) in [6, 6.07) is 7.14. The number of nitrogens with zero attached hydrogens (tertiary/aromatic N) is 3. The average Bonchev–Trinajstić information content (AvgIpc) is 2.63. The Hall–Kier alpha value is -1.39. The molecule has 0 N–H and O–H groups in total. The molecule has 0 radical (unpaired) electrons. The lowest BCUT2D eigenvalue weighted by Crippen LogP contribution is -2.49. The number of hydrogen-bond donors (Lipinski definition) is 0. The fraction of sp³-hybridized carbons (Fsp3) is 0.682. The van der Waals surface area contributed by atoms with E-state index in [-0.39, 0.29) is 0 Å². The molecule has 0 unspecified atom stereocenters. The minimum atomic E-state index is 0.303. The quantitative estimate of drug-likeness (QED) is 0.783. The predicted molar refractivity (Wildman–Crippen MR) is 108 cm³/mol. The predicted octanol–water partition coefficient (Wildman–Crippen LogP) is 2.59. The smallest absolute Gasteiger partial charge is 0.227 e. The van der Waals surface area contributed by atoms with Gasteiger partial charge in [-0.1, -0.05) is 18.2 Å². The van der Waals surface area contributed by atoms with Crippen LogP contribution in [0.25, 0.3) is 0 Å². The summed E-state index contributed by atoms with van der Waals surface area (Å²) in [5, 5.41) is 0. The summed E-state index contributed by atoms with van der Waals surface area (Å²) in [5.74, 6) is 0.303. The van der Waals surface area contributed by atoms with E-state index in [0.717, 1.165) is 39.0 Å². The van der Waals surface area contributed by atoms with Gasteiger partial charge in [0.1, 0.15) is 0 Å². The SMILES string of the molecule is CN(C)CCN(C(=O)Cc1ccc2c(c1)CCCC2)C1CCN(C)CC1. The molecule has 1 aliphatic carbocycles. The zero-order valence-corrected chi connectivity index (χ0v) is 16.8. The summed E-state index contributed by atoms with van der Waals surface area (Å²) in [5.41, 5.74) is 4.16. The largest absolute Gasteiger partial charge is 0.338 e. The number of rotatable bonds is 6. The van der Waals surface area contributed by atoms with Gasteiger partial charge in [0.05, 0.1) is 6.42 Å². The van der Waals surface area contributed by atoms with Crippen LogP contribution < -0.4 is 0 Å². The molecule has 4 nitrogen and oxygen atoms in total. The molecule has 1 aromatic rings. The first-order valence-corrected chi connectivity index (χ1v) is 10.3. The van der Waals surface area contributed by atoms with Crippen LogP contribution in [-0.2, 0) is 24.1 Å². The Morgan fingerprint density at radius 3 is 2.46 bits per heavy atom. The lowest BCUT2D eigenvalue weighted by atomic mass is 9.90. The van der Waals surface area contributed by atoms with E-state index in [1.165, 1.54) is 42.4 Å². The highest BCUT2D eigenvalue weighted by Gasteiger charge is 2.27. The van der Waals surface area contributed by atoms with Gasteiger partial charge in [-0.3, -0.25) is 4.79 Å². The minimum absolute atomic E-state index is 0.303. The zero-order chi connectivity index (χ0) is 18.5. The van der Waals surface area contributed by atoms with E-state index in [2.05, 4.69) is 54.0 Å². The number of aryl methyl sites for hydroxylation is 2. The second-order valence-corrected chi connectivity index (χ2v) is 8.41. The van der Waals surface area contributed by atoms with E-state index in [9.17, 15) is 4.79 Å². The first-order chi connectivity index (χ1) is 12.5. The zero-order valence-electron chi connectivity index (χ0n) is 16.8. The van der Waals surface area contributed by atoms with Crippen LogP contribution in [0, 0.1) is 0 Å². The highest BCUT2D eigenvalue weighted by atomic mass is 16.2. The number of carbonyl (C=O) groups excluding carboxylic acids is 1. The van der Waals surface area contributed by atoms with E-state index in [0.29, 0.717) is 18.4 Å². The van der Waals surface area contributed by atoms with Crippen LogP contribution in [-0.4, -0.2) is 74.0 Å². The summed E-state index contributed by atoms with van der Waals surface area (Å²) < 4.78 is 0. The normalized spacial score (nSPS) is 18.8. The summed E-state index contributed by atoms with van der Waals surface area (Å²) in [6.07, 6.45) is 7.71. The molecule has 4 heteroatoms. The summed E-state index contributed by atoms with van der Waals surface area (Å²) in [4.78, 5) is 19.9. The second-order valence-electron chi connectivity index (χ2n) is 8.41. The minimum Gasteiger partial charge on any atom is -0.338 e. The van der Waals surface area contributed by atoms with E-state index >= 15 is 0 Å². The Kier molecular flexibility index (Phi) is 6.71. The molecule has 1 amide bonds. The maximum atomic E-state index is 13.2. The molecule has 0 spiro atoms. The third-order valence-electron chi connectivity index (χ3n) is 6.01. The van der Waals surface area contributed by atoms with E-state index in [1.54, 1.807) is 0 Å². The molecular formula is C22H35N3O. The maximum absolute atomic E-state index is 13.2. The molecule has 0 bridgehead atoms. The van der Waals surface area contributed by atoms with Crippen LogP contribution >= 0.6 is 0 Å². The molecule has 1 aromatic carbocycles. The number of hydrogen-bond acceptors (Lipinski definition) is 3.